The van der Waals surface area contributed by atoms with Gasteiger partial charge in [-0.1, -0.05) is 231 Å². The van der Waals surface area contributed by atoms with E-state index in [1.54, 1.807) is 0 Å². The summed E-state index contributed by atoms with van der Waals surface area (Å²) in [5, 5.41) is 26.0. The van der Waals surface area contributed by atoms with Gasteiger partial charge in [-0.25, -0.2) is 10.1 Å². The summed E-state index contributed by atoms with van der Waals surface area (Å²) in [5.74, 6) is -2.77. The maximum atomic E-state index is 15.0. The molecule has 6 heteroatoms. The van der Waals surface area contributed by atoms with Crippen LogP contribution >= 0.6 is 0 Å². The molecule has 316 valence electrons. The van der Waals surface area contributed by atoms with Crippen molar-refractivity contribution in [2.75, 3.05) is 0 Å². The Kier molecular flexibility index (Phi) is 12.7. The van der Waals surface area contributed by atoms with Crippen LogP contribution in [-0.2, 0) is 9.59 Å². The monoisotopic (exact) mass is 838 g/mol. The Morgan fingerprint density at radius 3 is 0.750 bits per heavy atom. The first-order valence-electron chi connectivity index (χ1n) is 22.1. The molecule has 0 spiro atoms. The van der Waals surface area contributed by atoms with E-state index in [0.717, 1.165) is 89.7 Å². The van der Waals surface area contributed by atoms with Gasteiger partial charge in [-0.15, -0.1) is 0 Å². The van der Waals surface area contributed by atoms with E-state index in [4.69, 9.17) is 0 Å². The molecular formula is C58H50N2O4. The van der Waals surface area contributed by atoms with Crippen molar-refractivity contribution < 1.29 is 20.0 Å². The summed E-state index contributed by atoms with van der Waals surface area (Å²) in [6, 6.07) is 70.1. The SMILES string of the molecule is O=C(C(c1ccc(-c2ccccc2)cc1)c1ccc(-c2ccccc2)cc1)N(O)C1CCCC[C@H]1N(O)C(=O)C(c1ccc(-c2ccccc2)cc1)c1ccc(-c2ccccc2)cc1. The number of carbonyl (C=O) groups excluding carboxylic acids is 2. The minimum atomic E-state index is -0.857. The van der Waals surface area contributed by atoms with E-state index in [0.29, 0.717) is 12.8 Å². The molecule has 1 fully saturated rings. The summed E-state index contributed by atoms with van der Waals surface area (Å²) < 4.78 is 0. The largest absolute Gasteiger partial charge is 0.286 e. The summed E-state index contributed by atoms with van der Waals surface area (Å²) in [6.07, 6.45) is 2.26. The van der Waals surface area contributed by atoms with Crippen molar-refractivity contribution in [3.05, 3.63) is 241 Å². The molecule has 9 rings (SSSR count). The van der Waals surface area contributed by atoms with Crippen LogP contribution in [0.15, 0.2) is 218 Å². The van der Waals surface area contributed by atoms with Gasteiger partial charge < -0.3 is 0 Å². The fourth-order valence-corrected chi connectivity index (χ4v) is 9.20. The van der Waals surface area contributed by atoms with E-state index < -0.39 is 35.7 Å². The molecule has 6 nitrogen and oxygen atoms in total. The highest BCUT2D eigenvalue weighted by Gasteiger charge is 2.42. The molecule has 8 aromatic carbocycles. The summed E-state index contributed by atoms with van der Waals surface area (Å²) in [5.41, 5.74) is 11.2. The molecule has 2 amide bonds. The number of nitrogens with zero attached hydrogens (tertiary/aromatic N) is 2. The normalized spacial score (nSPS) is 14.9. The fourth-order valence-electron chi connectivity index (χ4n) is 9.20. The first kappa shape index (κ1) is 41.9. The zero-order chi connectivity index (χ0) is 43.8. The molecule has 8 aromatic rings. The Labute approximate surface area is 375 Å². The standard InChI is InChI=1S/C58H50N2O4/c61-57(55(49-33-25-45(26-34-49)41-15-5-1-6-16-41)50-35-27-46(28-36-50)42-17-7-2-8-18-42)59(63)53-23-13-14-24-54(53)60(64)58(62)56(51-37-29-47(30-38-51)43-19-9-3-10-20-43)52-39-31-48(32-40-52)44-21-11-4-12-22-44/h1-12,15-22,25-40,53-56,63-64H,13-14,23-24H2/t53-,54?/m1/s1. The highest BCUT2D eigenvalue weighted by atomic mass is 16.5. The minimum absolute atomic E-state index is 0.409. The van der Waals surface area contributed by atoms with Crippen LogP contribution in [-0.4, -0.2) is 44.4 Å². The van der Waals surface area contributed by atoms with Crippen LogP contribution in [0.25, 0.3) is 44.5 Å². The average Bonchev–Trinajstić information content (AvgIpc) is 3.38. The molecule has 0 heterocycles. The average molecular weight is 839 g/mol. The number of benzene rings is 8. The Balaban J connectivity index is 1.03. The van der Waals surface area contributed by atoms with Gasteiger partial charge in [0.25, 0.3) is 11.8 Å². The van der Waals surface area contributed by atoms with Gasteiger partial charge >= 0.3 is 0 Å². The van der Waals surface area contributed by atoms with Gasteiger partial charge in [0.05, 0.1) is 23.9 Å². The van der Waals surface area contributed by atoms with Crippen LogP contribution < -0.4 is 0 Å². The predicted octanol–water partition coefficient (Wildman–Crippen LogP) is 13.1. The summed E-state index contributed by atoms with van der Waals surface area (Å²) in [4.78, 5) is 29.9. The van der Waals surface area contributed by atoms with Crippen molar-refractivity contribution in [2.45, 2.75) is 49.6 Å². The number of hydroxylamine groups is 4. The zero-order valence-corrected chi connectivity index (χ0v) is 35.5. The predicted molar refractivity (Wildman–Crippen MR) is 255 cm³/mol. The third kappa shape index (κ3) is 9.06. The molecule has 1 unspecified atom stereocenters. The quantitative estimate of drug-likeness (QED) is 0.0948. The molecule has 1 saturated carbocycles. The minimum Gasteiger partial charge on any atom is -0.286 e. The molecule has 2 N–H and O–H groups in total. The fraction of sp³-hybridized carbons (Fsp3) is 0.138. The summed E-state index contributed by atoms with van der Waals surface area (Å²) in [6.45, 7) is 0. The first-order chi connectivity index (χ1) is 31.4. The number of hydrogen-bond acceptors (Lipinski definition) is 4. The number of amides is 2. The zero-order valence-electron chi connectivity index (χ0n) is 35.5. The molecule has 1 aliphatic rings. The van der Waals surface area contributed by atoms with Gasteiger partial charge in [0.2, 0.25) is 0 Å². The van der Waals surface area contributed by atoms with Crippen LogP contribution in [0.2, 0.25) is 0 Å². The lowest BCUT2D eigenvalue weighted by Crippen LogP contribution is -2.56. The lowest BCUT2D eigenvalue weighted by Gasteiger charge is -2.41. The van der Waals surface area contributed by atoms with Crippen molar-refractivity contribution in [1.29, 1.82) is 0 Å². The molecular weight excluding hydrogens is 789 g/mol. The van der Waals surface area contributed by atoms with Gasteiger partial charge in [0, 0.05) is 0 Å². The van der Waals surface area contributed by atoms with Crippen molar-refractivity contribution in [2.24, 2.45) is 0 Å². The van der Waals surface area contributed by atoms with E-state index in [9.17, 15) is 20.0 Å². The number of carbonyl (C=O) groups is 2. The number of rotatable bonds is 12. The van der Waals surface area contributed by atoms with Gasteiger partial charge in [0.1, 0.15) is 0 Å². The lowest BCUT2D eigenvalue weighted by atomic mass is 9.84. The van der Waals surface area contributed by atoms with E-state index in [1.165, 1.54) is 0 Å². The second kappa shape index (κ2) is 19.3. The van der Waals surface area contributed by atoms with Crippen LogP contribution in [0.4, 0.5) is 0 Å². The van der Waals surface area contributed by atoms with E-state index >= 15 is 0 Å². The maximum Gasteiger partial charge on any atom is 0.258 e. The van der Waals surface area contributed by atoms with E-state index in [-0.39, 0.29) is 0 Å². The van der Waals surface area contributed by atoms with Crippen molar-refractivity contribution in [3.8, 4) is 44.5 Å². The van der Waals surface area contributed by atoms with E-state index in [1.807, 2.05) is 218 Å². The third-order valence-corrected chi connectivity index (χ3v) is 12.7. The van der Waals surface area contributed by atoms with Gasteiger partial charge in [0.15, 0.2) is 0 Å². The Bertz CT molecular complexity index is 2400. The molecule has 64 heavy (non-hydrogen) atoms. The van der Waals surface area contributed by atoms with Crippen LogP contribution in [0.3, 0.4) is 0 Å². The van der Waals surface area contributed by atoms with Crippen molar-refractivity contribution in [3.63, 3.8) is 0 Å². The molecule has 0 radical (unpaired) electrons. The lowest BCUT2D eigenvalue weighted by molar-refractivity contribution is -0.213. The van der Waals surface area contributed by atoms with Gasteiger partial charge in [-0.05, 0) is 79.6 Å². The smallest absolute Gasteiger partial charge is 0.258 e. The second-order valence-electron chi connectivity index (χ2n) is 16.6. The molecule has 0 aromatic heterocycles. The van der Waals surface area contributed by atoms with Crippen molar-refractivity contribution >= 4 is 11.8 Å². The Morgan fingerprint density at radius 1 is 0.328 bits per heavy atom. The highest BCUT2D eigenvalue weighted by molar-refractivity contribution is 5.89. The third-order valence-electron chi connectivity index (χ3n) is 12.7. The Morgan fingerprint density at radius 2 is 0.531 bits per heavy atom. The highest BCUT2D eigenvalue weighted by Crippen LogP contribution is 2.37. The summed E-state index contributed by atoms with van der Waals surface area (Å²) >= 11 is 0. The number of hydrogen-bond donors (Lipinski definition) is 2. The van der Waals surface area contributed by atoms with Gasteiger partial charge in [-0.2, -0.15) is 0 Å². The molecule has 0 aliphatic heterocycles. The summed E-state index contributed by atoms with van der Waals surface area (Å²) in [7, 11) is 0. The second-order valence-corrected chi connectivity index (χ2v) is 16.6. The first-order valence-corrected chi connectivity index (χ1v) is 22.1. The van der Waals surface area contributed by atoms with E-state index in [2.05, 4.69) is 0 Å². The van der Waals surface area contributed by atoms with Gasteiger partial charge in [-0.3, -0.25) is 20.0 Å². The van der Waals surface area contributed by atoms with Crippen LogP contribution in [0.1, 0.15) is 59.8 Å². The van der Waals surface area contributed by atoms with Crippen LogP contribution in [0, 0.1) is 0 Å². The van der Waals surface area contributed by atoms with Crippen LogP contribution in [0.5, 0.6) is 0 Å². The van der Waals surface area contributed by atoms with Crippen molar-refractivity contribution in [1.82, 2.24) is 10.1 Å². The molecule has 0 saturated heterocycles. The Hall–Kier alpha value is -7.38. The topological polar surface area (TPSA) is 81.1 Å². The molecule has 2 atom stereocenters. The maximum absolute atomic E-state index is 15.0. The molecule has 0 bridgehead atoms. The molecule has 1 aliphatic carbocycles.